The largest absolute Gasteiger partial charge is 0.297 e. The summed E-state index contributed by atoms with van der Waals surface area (Å²) in [7, 11) is 0. The van der Waals surface area contributed by atoms with Crippen LogP contribution in [0.1, 0.15) is 39.1 Å². The lowest BCUT2D eigenvalue weighted by molar-refractivity contribution is 0.635. The van der Waals surface area contributed by atoms with Crippen LogP contribution < -0.4 is 0 Å². The van der Waals surface area contributed by atoms with Crippen molar-refractivity contribution in [3.63, 3.8) is 0 Å². The Balaban J connectivity index is 2.49. The van der Waals surface area contributed by atoms with E-state index in [1.165, 1.54) is 0 Å². The summed E-state index contributed by atoms with van der Waals surface area (Å²) in [6.45, 7) is 9.23. The molecule has 0 saturated carbocycles. The molecule has 0 radical (unpaired) electrons. The Morgan fingerprint density at radius 1 is 1.40 bits per heavy atom. The number of aromatic nitrogens is 3. The molecule has 2 rings (SSSR count). The summed E-state index contributed by atoms with van der Waals surface area (Å²) < 4.78 is 2.10. The molecule has 4 heteroatoms. The van der Waals surface area contributed by atoms with E-state index in [-0.39, 0.29) is 0 Å². The molecule has 0 aliphatic carbocycles. The first-order valence-corrected chi connectivity index (χ1v) is 7.14. The van der Waals surface area contributed by atoms with Crippen LogP contribution in [0.4, 0.5) is 0 Å². The molecule has 106 valence electrons. The fourth-order valence-electron chi connectivity index (χ4n) is 2.20. The maximum Gasteiger partial charge on any atom is 0.159 e. The third-order valence-corrected chi connectivity index (χ3v) is 3.12. The molecule has 0 aromatic carbocycles. The van der Waals surface area contributed by atoms with Crippen molar-refractivity contribution in [2.45, 2.75) is 34.1 Å². The van der Waals surface area contributed by atoms with Gasteiger partial charge in [0.15, 0.2) is 5.65 Å². The van der Waals surface area contributed by atoms with Gasteiger partial charge in [0, 0.05) is 30.7 Å². The Morgan fingerprint density at radius 2 is 2.20 bits per heavy atom. The van der Waals surface area contributed by atoms with Crippen LogP contribution in [0, 0.1) is 5.92 Å². The van der Waals surface area contributed by atoms with Crippen LogP contribution >= 0.6 is 0 Å². The van der Waals surface area contributed by atoms with E-state index in [1.54, 1.807) is 0 Å². The summed E-state index contributed by atoms with van der Waals surface area (Å²) in [6.07, 6.45) is 10.6. The number of hydrogen-bond donors (Lipinski definition) is 0. The molecule has 0 fully saturated rings. The van der Waals surface area contributed by atoms with Gasteiger partial charge in [0.2, 0.25) is 0 Å². The van der Waals surface area contributed by atoms with E-state index in [4.69, 9.17) is 0 Å². The lowest BCUT2D eigenvalue weighted by Gasteiger charge is -2.07. The number of allylic oxidation sites excluding steroid dienone is 2. The van der Waals surface area contributed by atoms with Crippen LogP contribution in [-0.2, 0) is 6.42 Å². The summed E-state index contributed by atoms with van der Waals surface area (Å²) in [4.78, 5) is 13.3. The summed E-state index contributed by atoms with van der Waals surface area (Å²) in [6, 6.07) is 0. The predicted molar refractivity (Wildman–Crippen MR) is 84.2 cm³/mol. The zero-order chi connectivity index (χ0) is 14.5. The monoisotopic (exact) mass is 270 g/mol. The molecule has 0 aliphatic heterocycles. The van der Waals surface area contributed by atoms with Gasteiger partial charge in [-0.05, 0) is 26.2 Å². The van der Waals surface area contributed by atoms with E-state index < -0.39 is 0 Å². The fourth-order valence-corrected chi connectivity index (χ4v) is 2.20. The second-order valence-corrected chi connectivity index (χ2v) is 5.18. The molecule has 2 aromatic heterocycles. The minimum absolute atomic E-state index is 0.566. The molecule has 0 N–H and O–H groups in total. The Hall–Kier alpha value is -1.97. The van der Waals surface area contributed by atoms with Gasteiger partial charge >= 0.3 is 0 Å². The number of nitrogens with zero attached hydrogens (tertiary/aromatic N) is 4. The van der Waals surface area contributed by atoms with Gasteiger partial charge in [0.25, 0.3) is 0 Å². The minimum Gasteiger partial charge on any atom is -0.297 e. The van der Waals surface area contributed by atoms with Crippen molar-refractivity contribution in [3.8, 4) is 0 Å². The third-order valence-electron chi connectivity index (χ3n) is 3.12. The quantitative estimate of drug-likeness (QED) is 0.781. The van der Waals surface area contributed by atoms with E-state index in [9.17, 15) is 0 Å². The van der Waals surface area contributed by atoms with E-state index in [2.05, 4.69) is 39.3 Å². The Kier molecular flexibility index (Phi) is 4.66. The van der Waals surface area contributed by atoms with Crippen molar-refractivity contribution in [1.29, 1.82) is 0 Å². The maximum atomic E-state index is 4.55. The highest BCUT2D eigenvalue weighted by atomic mass is 15.0. The van der Waals surface area contributed by atoms with Gasteiger partial charge in [-0.25, -0.2) is 4.98 Å². The van der Waals surface area contributed by atoms with Gasteiger partial charge < -0.3 is 0 Å². The molecule has 0 saturated heterocycles. The first kappa shape index (κ1) is 14.4. The zero-order valence-corrected chi connectivity index (χ0v) is 12.7. The highest BCUT2D eigenvalue weighted by molar-refractivity contribution is 6.09. The van der Waals surface area contributed by atoms with Crippen molar-refractivity contribution >= 4 is 17.4 Å². The van der Waals surface area contributed by atoms with Gasteiger partial charge in [0.1, 0.15) is 0 Å². The van der Waals surface area contributed by atoms with Crippen molar-refractivity contribution < 1.29 is 0 Å². The first-order valence-electron chi connectivity index (χ1n) is 7.14. The second kappa shape index (κ2) is 6.46. The highest BCUT2D eigenvalue weighted by Gasteiger charge is 2.11. The molecule has 2 aromatic rings. The highest BCUT2D eigenvalue weighted by Crippen LogP contribution is 2.18. The van der Waals surface area contributed by atoms with Crippen LogP contribution in [-0.4, -0.2) is 27.1 Å². The predicted octanol–water partition coefficient (Wildman–Crippen LogP) is 3.42. The van der Waals surface area contributed by atoms with E-state index in [1.807, 2.05) is 38.7 Å². The fraction of sp³-hybridized carbons (Fsp3) is 0.438. The van der Waals surface area contributed by atoms with Crippen LogP contribution in [0.5, 0.6) is 0 Å². The van der Waals surface area contributed by atoms with Crippen LogP contribution in [0.2, 0.25) is 0 Å². The van der Waals surface area contributed by atoms with Crippen molar-refractivity contribution in [3.05, 3.63) is 36.1 Å². The molecule has 0 atom stereocenters. The molecule has 0 amide bonds. The molecule has 2 heterocycles. The summed E-state index contributed by atoms with van der Waals surface area (Å²) in [5.74, 6) is 0.566. The SMILES string of the molecule is C/C=C(\C=NCC)c1cnc2c(CC(C)C)nccn12. The Labute approximate surface area is 120 Å². The van der Waals surface area contributed by atoms with Crippen LogP contribution in [0.3, 0.4) is 0 Å². The Morgan fingerprint density at radius 3 is 2.85 bits per heavy atom. The summed E-state index contributed by atoms with van der Waals surface area (Å²) >= 11 is 0. The lowest BCUT2D eigenvalue weighted by atomic mass is 10.1. The molecule has 0 aliphatic rings. The molecule has 0 unspecified atom stereocenters. The van der Waals surface area contributed by atoms with Gasteiger partial charge in [-0.2, -0.15) is 0 Å². The van der Waals surface area contributed by atoms with Crippen molar-refractivity contribution in [1.82, 2.24) is 14.4 Å². The standard InChI is InChI=1S/C16H22N4/c1-5-13(10-17-6-2)15-11-19-16-14(9-12(3)4)18-7-8-20(15)16/h5,7-8,10-12H,6,9H2,1-4H3/b13-5+,17-10?. The molecule has 0 bridgehead atoms. The van der Waals surface area contributed by atoms with Gasteiger partial charge in [0.05, 0.1) is 17.6 Å². The summed E-state index contributed by atoms with van der Waals surface area (Å²) in [5, 5.41) is 0. The molecule has 20 heavy (non-hydrogen) atoms. The van der Waals surface area contributed by atoms with Gasteiger partial charge in [-0.3, -0.25) is 14.4 Å². The number of rotatable bonds is 5. The average Bonchev–Trinajstić information content (AvgIpc) is 2.84. The smallest absolute Gasteiger partial charge is 0.159 e. The molecule has 4 nitrogen and oxygen atoms in total. The van der Waals surface area contributed by atoms with E-state index in [0.29, 0.717) is 5.92 Å². The number of aliphatic imine (C=N–C) groups is 1. The molecule has 0 spiro atoms. The van der Waals surface area contributed by atoms with Crippen LogP contribution in [0.25, 0.3) is 11.2 Å². The van der Waals surface area contributed by atoms with Crippen LogP contribution in [0.15, 0.2) is 29.7 Å². The third kappa shape index (κ3) is 2.95. The topological polar surface area (TPSA) is 42.5 Å². The Bertz CT molecular complexity index is 635. The van der Waals surface area contributed by atoms with Crippen molar-refractivity contribution in [2.75, 3.05) is 6.54 Å². The average molecular weight is 270 g/mol. The van der Waals surface area contributed by atoms with Gasteiger partial charge in [-0.15, -0.1) is 0 Å². The van der Waals surface area contributed by atoms with E-state index >= 15 is 0 Å². The second-order valence-electron chi connectivity index (χ2n) is 5.18. The zero-order valence-electron chi connectivity index (χ0n) is 12.7. The maximum absolute atomic E-state index is 4.55. The van der Waals surface area contributed by atoms with Gasteiger partial charge in [-0.1, -0.05) is 19.9 Å². The minimum atomic E-state index is 0.566. The van der Waals surface area contributed by atoms with E-state index in [0.717, 1.165) is 35.6 Å². The number of imidazole rings is 1. The number of hydrogen-bond acceptors (Lipinski definition) is 3. The van der Waals surface area contributed by atoms with Crippen molar-refractivity contribution in [2.24, 2.45) is 10.9 Å². The molecular formula is C16H22N4. The molecular weight excluding hydrogens is 248 g/mol. The number of fused-ring (bicyclic) bond motifs is 1. The summed E-state index contributed by atoms with van der Waals surface area (Å²) in [5.41, 5.74) is 4.14. The normalized spacial score (nSPS) is 12.9. The lowest BCUT2D eigenvalue weighted by Crippen LogP contribution is -2.02. The first-order chi connectivity index (χ1) is 9.67.